The zero-order valence-corrected chi connectivity index (χ0v) is 18.3. The summed E-state index contributed by atoms with van der Waals surface area (Å²) in [5.41, 5.74) is 2.67. The van der Waals surface area contributed by atoms with Crippen LogP contribution in [0.5, 0.6) is 0 Å². The molecule has 4 rings (SSSR count). The zero-order chi connectivity index (χ0) is 20.6. The number of hydrogen-bond donors (Lipinski definition) is 0. The van der Waals surface area contributed by atoms with Crippen molar-refractivity contribution in [3.8, 4) is 5.00 Å². The average molecular weight is 451 g/mol. The molecule has 0 aliphatic carbocycles. The maximum Gasteiger partial charge on any atom is 0.264 e. The Morgan fingerprint density at radius 1 is 1.24 bits per heavy atom. The van der Waals surface area contributed by atoms with E-state index in [1.54, 1.807) is 11.3 Å². The van der Waals surface area contributed by atoms with E-state index in [1.165, 1.54) is 0 Å². The highest BCUT2D eigenvalue weighted by Crippen LogP contribution is 2.34. The second-order valence-corrected chi connectivity index (χ2v) is 9.87. The summed E-state index contributed by atoms with van der Waals surface area (Å²) >= 11 is 8.09. The fourth-order valence-corrected chi connectivity index (χ4v) is 5.15. The van der Waals surface area contributed by atoms with Crippen LogP contribution in [0.15, 0.2) is 35.3 Å². The van der Waals surface area contributed by atoms with Crippen LogP contribution >= 0.6 is 22.9 Å². The number of hydrogen-bond acceptors (Lipinski definition) is 7. The van der Waals surface area contributed by atoms with Gasteiger partial charge in [0.2, 0.25) is 0 Å². The topological polar surface area (TPSA) is 86.4 Å². The minimum absolute atomic E-state index is 0.157. The maximum absolute atomic E-state index is 11.2. The van der Waals surface area contributed by atoms with Crippen molar-refractivity contribution in [2.75, 3.05) is 12.9 Å². The van der Waals surface area contributed by atoms with Crippen LogP contribution in [-0.2, 0) is 27.3 Å². The van der Waals surface area contributed by atoms with Gasteiger partial charge in [0.05, 0.1) is 18.6 Å². The summed E-state index contributed by atoms with van der Waals surface area (Å²) in [5, 5.41) is 10.1. The Hall–Kier alpha value is -2.07. The van der Waals surface area contributed by atoms with Crippen LogP contribution in [0, 0.1) is 6.92 Å². The van der Waals surface area contributed by atoms with Crippen molar-refractivity contribution >= 4 is 38.8 Å². The van der Waals surface area contributed by atoms with Crippen LogP contribution in [0.2, 0.25) is 5.02 Å². The number of aromatic nitrogens is 3. The Bertz CT molecular complexity index is 1200. The van der Waals surface area contributed by atoms with Gasteiger partial charge in [0.15, 0.2) is 5.82 Å². The van der Waals surface area contributed by atoms with Gasteiger partial charge in [0.25, 0.3) is 10.1 Å². The van der Waals surface area contributed by atoms with Gasteiger partial charge in [0, 0.05) is 21.0 Å². The molecule has 1 aromatic carbocycles. The fourth-order valence-electron chi connectivity index (χ4n) is 3.24. The zero-order valence-electron chi connectivity index (χ0n) is 15.9. The smallest absolute Gasteiger partial charge is 0.264 e. The minimum Gasteiger partial charge on any atom is -0.276 e. The van der Waals surface area contributed by atoms with Crippen molar-refractivity contribution in [2.24, 2.45) is 4.99 Å². The number of aliphatic imine (C=N–C) groups is 1. The number of benzene rings is 1. The predicted octanol–water partition coefficient (Wildman–Crippen LogP) is 3.55. The van der Waals surface area contributed by atoms with Crippen molar-refractivity contribution in [3.05, 3.63) is 63.0 Å². The summed E-state index contributed by atoms with van der Waals surface area (Å²) in [7, 11) is -3.42. The molecule has 1 aliphatic heterocycles. The van der Waals surface area contributed by atoms with Crippen molar-refractivity contribution in [1.82, 2.24) is 14.8 Å². The van der Waals surface area contributed by atoms with Gasteiger partial charge in [-0.15, -0.1) is 21.5 Å². The molecule has 0 atom stereocenters. The number of rotatable bonds is 6. The average Bonchev–Trinajstić information content (AvgIpc) is 3.19. The summed E-state index contributed by atoms with van der Waals surface area (Å²) in [6.07, 6.45) is 2.35. The molecule has 0 amide bonds. The number of nitrogens with zero attached hydrogens (tertiary/aromatic N) is 4. The highest BCUT2D eigenvalue weighted by molar-refractivity contribution is 7.85. The van der Waals surface area contributed by atoms with E-state index < -0.39 is 10.1 Å². The Morgan fingerprint density at radius 3 is 2.79 bits per heavy atom. The molecule has 0 unspecified atom stereocenters. The molecule has 0 bridgehead atoms. The summed E-state index contributed by atoms with van der Waals surface area (Å²) < 4.78 is 29.2. The van der Waals surface area contributed by atoms with Crippen LogP contribution in [0.3, 0.4) is 0 Å². The number of fused-ring (bicyclic) bond motifs is 3. The molecule has 0 spiro atoms. The molecule has 1 aliphatic rings. The van der Waals surface area contributed by atoms with Crippen molar-refractivity contribution < 1.29 is 12.6 Å². The molecule has 0 N–H and O–H groups in total. The normalized spacial score (nSPS) is 13.6. The van der Waals surface area contributed by atoms with Crippen molar-refractivity contribution in [3.63, 3.8) is 0 Å². The Labute approximate surface area is 178 Å². The van der Waals surface area contributed by atoms with Gasteiger partial charge < -0.3 is 0 Å². The lowest BCUT2D eigenvalue weighted by atomic mass is 10.0. The first kappa shape index (κ1) is 20.2. The summed E-state index contributed by atoms with van der Waals surface area (Å²) in [6.45, 7) is 2.49. The van der Waals surface area contributed by atoms with Gasteiger partial charge in [-0.2, -0.15) is 8.42 Å². The Kier molecular flexibility index (Phi) is 5.56. The molecule has 0 saturated heterocycles. The minimum atomic E-state index is -3.42. The van der Waals surface area contributed by atoms with Gasteiger partial charge in [-0.05, 0) is 31.9 Å². The molecule has 29 heavy (non-hydrogen) atoms. The summed E-state index contributed by atoms with van der Waals surface area (Å²) in [4.78, 5) is 5.91. The van der Waals surface area contributed by atoms with Crippen molar-refractivity contribution in [2.45, 2.75) is 26.3 Å². The highest BCUT2D eigenvalue weighted by Gasteiger charge is 2.25. The largest absolute Gasteiger partial charge is 0.276 e. The fraction of sp³-hybridized carbons (Fsp3) is 0.316. The number of halogens is 1. The molecule has 152 valence electrons. The third-order valence-electron chi connectivity index (χ3n) is 4.49. The van der Waals surface area contributed by atoms with E-state index in [0.717, 1.165) is 44.6 Å². The van der Waals surface area contributed by atoms with E-state index in [0.29, 0.717) is 24.4 Å². The molecule has 0 saturated carbocycles. The van der Waals surface area contributed by atoms with E-state index in [1.807, 2.05) is 35.8 Å². The monoisotopic (exact) mass is 450 g/mol. The van der Waals surface area contributed by atoms with Gasteiger partial charge >= 0.3 is 0 Å². The number of aryl methyl sites for hydroxylation is 2. The lowest BCUT2D eigenvalue weighted by Crippen LogP contribution is -2.06. The molecule has 0 fully saturated rings. The molecular weight excluding hydrogens is 432 g/mol. The summed E-state index contributed by atoms with van der Waals surface area (Å²) in [6, 6.07) is 9.74. The van der Waals surface area contributed by atoms with Crippen LogP contribution in [0.1, 0.15) is 34.1 Å². The SMILES string of the molecule is Cc1nnc2n1-c1sc(CCCOS(C)(=O)=O)cc1C(c1ccccc1Cl)=NC2. The first-order chi connectivity index (χ1) is 13.8. The quantitative estimate of drug-likeness (QED) is 0.423. The first-order valence-electron chi connectivity index (χ1n) is 9.01. The van der Waals surface area contributed by atoms with Crippen LogP contribution in [0.25, 0.3) is 5.00 Å². The predicted molar refractivity (Wildman–Crippen MR) is 114 cm³/mol. The third kappa shape index (κ3) is 4.28. The molecule has 2 aromatic heterocycles. The lowest BCUT2D eigenvalue weighted by molar-refractivity contribution is 0.316. The Morgan fingerprint density at radius 2 is 2.03 bits per heavy atom. The van der Waals surface area contributed by atoms with E-state index in [4.69, 9.17) is 20.8 Å². The van der Waals surface area contributed by atoms with Crippen molar-refractivity contribution in [1.29, 1.82) is 0 Å². The van der Waals surface area contributed by atoms with Gasteiger partial charge in [-0.25, -0.2) is 0 Å². The van der Waals surface area contributed by atoms with E-state index >= 15 is 0 Å². The lowest BCUT2D eigenvalue weighted by Gasteiger charge is -2.08. The second kappa shape index (κ2) is 7.98. The number of thiophene rings is 1. The van der Waals surface area contributed by atoms with Gasteiger partial charge in [-0.3, -0.25) is 13.7 Å². The van der Waals surface area contributed by atoms with E-state index in [9.17, 15) is 8.42 Å². The molecule has 10 heteroatoms. The van der Waals surface area contributed by atoms with E-state index in [-0.39, 0.29) is 6.61 Å². The molecule has 3 aromatic rings. The molecule has 7 nitrogen and oxygen atoms in total. The first-order valence-corrected chi connectivity index (χ1v) is 12.0. The second-order valence-electron chi connectivity index (χ2n) is 6.70. The highest BCUT2D eigenvalue weighted by atomic mass is 35.5. The van der Waals surface area contributed by atoms with E-state index in [2.05, 4.69) is 16.3 Å². The Balaban J connectivity index is 1.72. The van der Waals surface area contributed by atoms with Crippen LogP contribution < -0.4 is 0 Å². The van der Waals surface area contributed by atoms with Crippen LogP contribution in [-0.4, -0.2) is 41.8 Å². The standard InChI is InChI=1S/C19H19ClN4O3S2/c1-12-22-23-17-11-21-18(14-7-3-4-8-16(14)20)15-10-13(28-19(15)24(12)17)6-5-9-27-29(2,25)26/h3-4,7-8,10H,5-6,9,11H2,1-2H3. The molecular formula is C19H19ClN4O3S2. The third-order valence-corrected chi connectivity index (χ3v) is 6.59. The maximum atomic E-state index is 11.2. The van der Waals surface area contributed by atoms with Crippen LogP contribution in [0.4, 0.5) is 0 Å². The van der Waals surface area contributed by atoms with Gasteiger partial charge in [0.1, 0.15) is 17.4 Å². The summed E-state index contributed by atoms with van der Waals surface area (Å²) in [5.74, 6) is 1.57. The molecule has 0 radical (unpaired) electrons. The van der Waals surface area contributed by atoms with Gasteiger partial charge in [-0.1, -0.05) is 29.8 Å². The molecule has 3 heterocycles.